The van der Waals surface area contributed by atoms with Crippen molar-refractivity contribution in [1.82, 2.24) is 4.31 Å². The highest BCUT2D eigenvalue weighted by atomic mass is 32.2. The van der Waals surface area contributed by atoms with Gasteiger partial charge in [0, 0.05) is 25.9 Å². The number of hydrogen-bond acceptors (Lipinski definition) is 4. The lowest BCUT2D eigenvalue weighted by molar-refractivity contribution is 0.386. The predicted molar refractivity (Wildman–Crippen MR) is 112 cm³/mol. The normalized spacial score (nSPS) is 11.4. The Balaban J connectivity index is 3.70. The molecule has 156 valence electrons. The van der Waals surface area contributed by atoms with Gasteiger partial charge in [-0.1, -0.05) is 64.2 Å². The molecule has 0 rings (SSSR count). The molecule has 0 fully saturated rings. The third-order valence-electron chi connectivity index (χ3n) is 4.86. The molecule has 0 aliphatic heterocycles. The van der Waals surface area contributed by atoms with Crippen molar-refractivity contribution in [3.05, 3.63) is 0 Å². The highest BCUT2D eigenvalue weighted by molar-refractivity contribution is 7.88. The Bertz CT molecular complexity index is 489. The van der Waals surface area contributed by atoms with Crippen LogP contribution in [0.4, 0.5) is 0 Å². The van der Waals surface area contributed by atoms with Crippen LogP contribution in [-0.4, -0.2) is 32.1 Å². The van der Waals surface area contributed by atoms with Gasteiger partial charge in [0.25, 0.3) is 0 Å². The van der Waals surface area contributed by atoms with E-state index in [4.69, 9.17) is 10.5 Å². The molecule has 0 heterocycles. The minimum atomic E-state index is -3.11. The Morgan fingerprint density at radius 2 is 0.889 bits per heavy atom. The molecule has 0 aliphatic rings. The van der Waals surface area contributed by atoms with Crippen LogP contribution in [-0.2, 0) is 10.0 Å². The molecule has 6 heteroatoms. The van der Waals surface area contributed by atoms with Crippen LogP contribution in [0, 0.1) is 22.7 Å². The third-order valence-corrected chi connectivity index (χ3v) is 6.16. The first-order chi connectivity index (χ1) is 13.0. The molecule has 0 spiro atoms. The van der Waals surface area contributed by atoms with Crippen LogP contribution >= 0.6 is 0 Å². The van der Waals surface area contributed by atoms with Gasteiger partial charge in [-0.25, -0.2) is 12.7 Å². The van der Waals surface area contributed by atoms with Gasteiger partial charge >= 0.3 is 0 Å². The highest BCUT2D eigenvalue weighted by Gasteiger charge is 2.15. The molecule has 0 aromatic rings. The zero-order valence-electron chi connectivity index (χ0n) is 17.3. The van der Waals surface area contributed by atoms with Crippen LogP contribution in [0.25, 0.3) is 0 Å². The second kappa shape index (κ2) is 18.3. The SMILES string of the molecule is CS(=O)(=O)N(CCCCCCCCCC#N)CCCCCCCCCC#N. The number of nitriles is 2. The average Bonchev–Trinajstić information content (AvgIpc) is 2.62. The quantitative estimate of drug-likeness (QED) is 0.268. The monoisotopic (exact) mass is 397 g/mol. The van der Waals surface area contributed by atoms with Gasteiger partial charge in [-0.15, -0.1) is 0 Å². The molecule has 0 unspecified atom stereocenters. The van der Waals surface area contributed by atoms with E-state index in [9.17, 15) is 8.42 Å². The molecule has 5 nitrogen and oxygen atoms in total. The Kier molecular flexibility index (Phi) is 17.5. The van der Waals surface area contributed by atoms with Crippen LogP contribution in [0.2, 0.25) is 0 Å². The van der Waals surface area contributed by atoms with Gasteiger partial charge in [0.15, 0.2) is 0 Å². The average molecular weight is 398 g/mol. The van der Waals surface area contributed by atoms with E-state index in [1.54, 1.807) is 4.31 Å². The van der Waals surface area contributed by atoms with Crippen LogP contribution < -0.4 is 0 Å². The molecule has 0 radical (unpaired) electrons. The molecule has 0 atom stereocenters. The molecule has 0 N–H and O–H groups in total. The fourth-order valence-electron chi connectivity index (χ4n) is 3.20. The van der Waals surface area contributed by atoms with E-state index in [0.717, 1.165) is 64.2 Å². The van der Waals surface area contributed by atoms with Gasteiger partial charge in [0.05, 0.1) is 18.4 Å². The zero-order valence-corrected chi connectivity index (χ0v) is 18.1. The topological polar surface area (TPSA) is 85.0 Å². The van der Waals surface area contributed by atoms with Crippen molar-refractivity contribution in [3.8, 4) is 12.1 Å². The summed E-state index contributed by atoms with van der Waals surface area (Å²) in [5.41, 5.74) is 0. The molecular weight excluding hydrogens is 358 g/mol. The summed E-state index contributed by atoms with van der Waals surface area (Å²) in [7, 11) is -3.11. The van der Waals surface area contributed by atoms with Crippen molar-refractivity contribution in [3.63, 3.8) is 0 Å². The molecule has 0 bridgehead atoms. The van der Waals surface area contributed by atoms with Gasteiger partial charge in [0.1, 0.15) is 0 Å². The van der Waals surface area contributed by atoms with Gasteiger partial charge in [-0.2, -0.15) is 10.5 Å². The van der Waals surface area contributed by atoms with Crippen LogP contribution in [0.5, 0.6) is 0 Å². The number of unbranched alkanes of at least 4 members (excludes halogenated alkanes) is 14. The minimum Gasteiger partial charge on any atom is -0.213 e. The zero-order chi connectivity index (χ0) is 20.2. The lowest BCUT2D eigenvalue weighted by atomic mass is 10.1. The highest BCUT2D eigenvalue weighted by Crippen LogP contribution is 2.12. The van der Waals surface area contributed by atoms with E-state index in [-0.39, 0.29) is 0 Å². The maximum absolute atomic E-state index is 11.9. The predicted octanol–water partition coefficient (Wildman–Crippen LogP) is 5.54. The van der Waals surface area contributed by atoms with E-state index >= 15 is 0 Å². The summed E-state index contributed by atoms with van der Waals surface area (Å²) in [6, 6.07) is 4.34. The maximum atomic E-state index is 11.9. The van der Waals surface area contributed by atoms with E-state index in [2.05, 4.69) is 12.1 Å². The fraction of sp³-hybridized carbons (Fsp3) is 0.905. The Morgan fingerprint density at radius 3 is 1.19 bits per heavy atom. The molecule has 0 saturated carbocycles. The molecule has 0 aromatic carbocycles. The summed E-state index contributed by atoms with van der Waals surface area (Å²) in [5.74, 6) is 0. The van der Waals surface area contributed by atoms with Gasteiger partial charge < -0.3 is 0 Å². The summed E-state index contributed by atoms with van der Waals surface area (Å²) in [6.45, 7) is 1.28. The van der Waals surface area contributed by atoms with E-state index < -0.39 is 10.0 Å². The second-order valence-electron chi connectivity index (χ2n) is 7.43. The van der Waals surface area contributed by atoms with Crippen molar-refractivity contribution in [2.24, 2.45) is 0 Å². The lowest BCUT2D eigenvalue weighted by Gasteiger charge is -2.19. The number of sulfonamides is 1. The largest absolute Gasteiger partial charge is 0.213 e. The van der Waals surface area contributed by atoms with Crippen LogP contribution in [0.15, 0.2) is 0 Å². The molecular formula is C21H39N3O2S. The maximum Gasteiger partial charge on any atom is 0.211 e. The van der Waals surface area contributed by atoms with Crippen molar-refractivity contribution < 1.29 is 8.42 Å². The molecule has 0 saturated heterocycles. The van der Waals surface area contributed by atoms with Crippen molar-refractivity contribution in [2.75, 3.05) is 19.3 Å². The Morgan fingerprint density at radius 1 is 0.593 bits per heavy atom. The summed E-state index contributed by atoms with van der Waals surface area (Å²) in [6.07, 6.45) is 17.9. The van der Waals surface area contributed by atoms with E-state index in [0.29, 0.717) is 25.9 Å². The summed E-state index contributed by atoms with van der Waals surface area (Å²) < 4.78 is 25.5. The van der Waals surface area contributed by atoms with E-state index in [1.165, 1.54) is 31.9 Å². The van der Waals surface area contributed by atoms with E-state index in [1.807, 2.05) is 0 Å². The van der Waals surface area contributed by atoms with Crippen molar-refractivity contribution >= 4 is 10.0 Å². The summed E-state index contributed by atoms with van der Waals surface area (Å²) >= 11 is 0. The van der Waals surface area contributed by atoms with Crippen molar-refractivity contribution in [1.29, 1.82) is 10.5 Å². The number of hydrogen-bond donors (Lipinski definition) is 0. The number of rotatable bonds is 19. The summed E-state index contributed by atoms with van der Waals surface area (Å²) in [5, 5.41) is 17.0. The van der Waals surface area contributed by atoms with Crippen molar-refractivity contribution in [2.45, 2.75) is 103 Å². The third kappa shape index (κ3) is 18.0. The molecule has 27 heavy (non-hydrogen) atoms. The smallest absolute Gasteiger partial charge is 0.211 e. The van der Waals surface area contributed by atoms with Crippen LogP contribution in [0.1, 0.15) is 103 Å². The number of nitrogens with zero attached hydrogens (tertiary/aromatic N) is 3. The second-order valence-corrected chi connectivity index (χ2v) is 9.41. The molecule has 0 amide bonds. The first-order valence-electron chi connectivity index (χ1n) is 10.7. The first-order valence-corrected chi connectivity index (χ1v) is 12.6. The lowest BCUT2D eigenvalue weighted by Crippen LogP contribution is -2.32. The molecule has 0 aliphatic carbocycles. The standard InChI is InChI=1S/C21H39N3O2S/c1-27(25,26)24(20-16-12-8-4-2-6-10-14-18-22)21-17-13-9-5-3-7-11-15-19-23/h2-17,20-21H2,1H3. The Labute approximate surface area is 167 Å². The van der Waals surface area contributed by atoms with Gasteiger partial charge in [-0.05, 0) is 25.7 Å². The van der Waals surface area contributed by atoms with Crippen LogP contribution in [0.3, 0.4) is 0 Å². The van der Waals surface area contributed by atoms with Gasteiger partial charge in [-0.3, -0.25) is 0 Å². The summed E-state index contributed by atoms with van der Waals surface area (Å²) in [4.78, 5) is 0. The minimum absolute atomic E-state index is 0.640. The fourth-order valence-corrected chi connectivity index (χ4v) is 4.12. The Hall–Kier alpha value is -1.11. The molecule has 0 aromatic heterocycles. The first kappa shape index (κ1) is 25.9. The van der Waals surface area contributed by atoms with Gasteiger partial charge in [0.2, 0.25) is 10.0 Å².